The van der Waals surface area contributed by atoms with Crippen molar-refractivity contribution >= 4 is 16.9 Å². The number of hydrogen-bond donors (Lipinski definition) is 4. The number of ether oxygens (including phenoxy) is 1. The lowest BCUT2D eigenvalue weighted by molar-refractivity contribution is -0.0604. The van der Waals surface area contributed by atoms with Crippen LogP contribution in [0.5, 0.6) is 0 Å². The molecule has 4 atom stereocenters. The Labute approximate surface area is 147 Å². The minimum absolute atomic E-state index is 0.221. The first-order valence-corrected chi connectivity index (χ1v) is 7.80. The third kappa shape index (κ3) is 2.14. The quantitative estimate of drug-likeness (QED) is 0.477. The van der Waals surface area contributed by atoms with Crippen molar-refractivity contribution in [2.24, 2.45) is 0 Å². The van der Waals surface area contributed by atoms with E-state index in [9.17, 15) is 15.3 Å². The van der Waals surface area contributed by atoms with Crippen molar-refractivity contribution in [1.29, 1.82) is 0 Å². The Hall–Kier alpha value is -2.90. The van der Waals surface area contributed by atoms with Crippen LogP contribution in [-0.4, -0.2) is 54.3 Å². The van der Waals surface area contributed by atoms with Gasteiger partial charge in [0.05, 0.1) is 18.3 Å². The molecule has 0 aliphatic carbocycles. The number of fused-ring (bicyclic) bond motifs is 1. The number of rotatable bonds is 3. The van der Waals surface area contributed by atoms with Gasteiger partial charge in [-0.15, -0.1) is 6.42 Å². The molecule has 0 aromatic carbocycles. The highest BCUT2D eigenvalue weighted by Gasteiger charge is 2.55. The van der Waals surface area contributed by atoms with Crippen molar-refractivity contribution in [3.8, 4) is 23.7 Å². The number of hydrogen-bond acceptors (Lipinski definition) is 8. The number of nitrogen functional groups attached to an aromatic ring is 1. The standard InChI is InChI=1S/C17H16N4O5/c1-2-17(24)11(7-22)26-16(13(17)23)21-6-9(10-4-3-5-25-10)12-14(18)19-8-20-15(12)21/h1,3-6,8,11,13,16,22-24H,7H2,(H2,18,19,20)/t11-,13+,16-,17-/m1/s1. The minimum Gasteiger partial charge on any atom is -0.464 e. The third-order valence-electron chi connectivity index (χ3n) is 4.61. The van der Waals surface area contributed by atoms with Crippen LogP contribution in [-0.2, 0) is 4.74 Å². The van der Waals surface area contributed by atoms with Gasteiger partial charge in [0.15, 0.2) is 11.8 Å². The van der Waals surface area contributed by atoms with Crippen molar-refractivity contribution < 1.29 is 24.5 Å². The Balaban J connectivity index is 1.91. The van der Waals surface area contributed by atoms with Crippen molar-refractivity contribution in [2.75, 3.05) is 12.3 Å². The normalized spacial score (nSPS) is 28.5. The van der Waals surface area contributed by atoms with Gasteiger partial charge in [0, 0.05) is 11.8 Å². The fraction of sp³-hybridized carbons (Fsp3) is 0.294. The van der Waals surface area contributed by atoms with Crippen molar-refractivity contribution in [3.63, 3.8) is 0 Å². The summed E-state index contributed by atoms with van der Waals surface area (Å²) in [5.41, 5.74) is 4.93. The monoisotopic (exact) mass is 356 g/mol. The topological polar surface area (TPSA) is 140 Å². The summed E-state index contributed by atoms with van der Waals surface area (Å²) in [5, 5.41) is 31.1. The number of nitrogens with zero attached hydrogens (tertiary/aromatic N) is 3. The molecule has 0 unspecified atom stereocenters. The molecule has 3 aromatic rings. The summed E-state index contributed by atoms with van der Waals surface area (Å²) in [6.45, 7) is -0.560. The number of aliphatic hydroxyl groups is 3. The second kappa shape index (κ2) is 5.82. The van der Waals surface area contributed by atoms with Gasteiger partial charge in [0.25, 0.3) is 0 Å². The lowest BCUT2D eigenvalue weighted by Crippen LogP contribution is -2.47. The van der Waals surface area contributed by atoms with Gasteiger partial charge in [-0.2, -0.15) is 0 Å². The summed E-state index contributed by atoms with van der Waals surface area (Å²) in [5.74, 6) is 2.86. The van der Waals surface area contributed by atoms with E-state index in [1.807, 2.05) is 0 Å². The fourth-order valence-electron chi connectivity index (χ4n) is 3.25. The van der Waals surface area contributed by atoms with Crippen molar-refractivity contribution in [1.82, 2.24) is 14.5 Å². The van der Waals surface area contributed by atoms with E-state index < -0.39 is 30.6 Å². The first-order valence-electron chi connectivity index (χ1n) is 7.80. The number of aliphatic hydroxyl groups excluding tert-OH is 2. The van der Waals surface area contributed by atoms with Crippen molar-refractivity contribution in [2.45, 2.75) is 24.0 Å². The number of anilines is 1. The fourth-order valence-corrected chi connectivity index (χ4v) is 3.25. The molecule has 9 heteroatoms. The highest BCUT2D eigenvalue weighted by molar-refractivity contribution is 5.99. The maximum absolute atomic E-state index is 10.6. The second-order valence-corrected chi connectivity index (χ2v) is 6.00. The molecule has 0 amide bonds. The SMILES string of the molecule is C#C[C@@]1(O)[C@@H](CO)O[C@@H](n2cc(-c3ccco3)c3c(N)ncnc32)[C@@H]1O. The van der Waals surface area contributed by atoms with Crippen LogP contribution in [0.4, 0.5) is 5.82 Å². The molecule has 4 rings (SSSR count). The molecule has 0 saturated carbocycles. The van der Waals surface area contributed by atoms with Gasteiger partial charge < -0.3 is 34.8 Å². The predicted molar refractivity (Wildman–Crippen MR) is 90.4 cm³/mol. The Morgan fingerprint density at radius 1 is 1.42 bits per heavy atom. The largest absolute Gasteiger partial charge is 0.464 e. The molecule has 3 aromatic heterocycles. The molecule has 5 N–H and O–H groups in total. The highest BCUT2D eigenvalue weighted by atomic mass is 16.6. The van der Waals surface area contributed by atoms with Gasteiger partial charge in [0.1, 0.15) is 35.8 Å². The number of furan rings is 1. The first kappa shape index (κ1) is 16.6. The summed E-state index contributed by atoms with van der Waals surface area (Å²) in [6.07, 6.45) is 6.03. The van der Waals surface area contributed by atoms with Gasteiger partial charge >= 0.3 is 0 Å². The zero-order chi connectivity index (χ0) is 18.5. The zero-order valence-electron chi connectivity index (χ0n) is 13.5. The summed E-state index contributed by atoms with van der Waals surface area (Å²) >= 11 is 0. The van der Waals surface area contributed by atoms with Crippen LogP contribution in [0.2, 0.25) is 0 Å². The summed E-state index contributed by atoms with van der Waals surface area (Å²) in [6, 6.07) is 3.46. The molecular formula is C17H16N4O5. The van der Waals surface area contributed by atoms with E-state index in [0.29, 0.717) is 22.4 Å². The molecule has 0 bridgehead atoms. The summed E-state index contributed by atoms with van der Waals surface area (Å²) < 4.78 is 12.6. The first-order chi connectivity index (χ1) is 12.5. The second-order valence-electron chi connectivity index (χ2n) is 6.00. The van der Waals surface area contributed by atoms with Gasteiger partial charge in [0.2, 0.25) is 0 Å². The van der Waals surface area contributed by atoms with Gasteiger partial charge in [-0.1, -0.05) is 5.92 Å². The van der Waals surface area contributed by atoms with Gasteiger partial charge in [-0.25, -0.2) is 9.97 Å². The van der Waals surface area contributed by atoms with E-state index >= 15 is 0 Å². The van der Waals surface area contributed by atoms with E-state index in [-0.39, 0.29) is 5.82 Å². The number of terminal acetylenes is 1. The molecule has 134 valence electrons. The molecule has 0 radical (unpaired) electrons. The molecular weight excluding hydrogens is 340 g/mol. The maximum atomic E-state index is 10.6. The van der Waals surface area contributed by atoms with E-state index in [2.05, 4.69) is 15.9 Å². The van der Waals surface area contributed by atoms with Crippen LogP contribution < -0.4 is 5.73 Å². The summed E-state index contributed by atoms with van der Waals surface area (Å²) in [7, 11) is 0. The lowest BCUT2D eigenvalue weighted by atomic mass is 9.93. The number of aromatic nitrogens is 3. The molecule has 1 aliphatic heterocycles. The van der Waals surface area contributed by atoms with Crippen LogP contribution in [0, 0.1) is 12.3 Å². The lowest BCUT2D eigenvalue weighted by Gasteiger charge is -2.24. The van der Waals surface area contributed by atoms with E-state index in [4.69, 9.17) is 21.3 Å². The van der Waals surface area contributed by atoms with Crippen LogP contribution in [0.15, 0.2) is 35.3 Å². The van der Waals surface area contributed by atoms with Gasteiger partial charge in [-0.3, -0.25) is 0 Å². The van der Waals surface area contributed by atoms with Crippen LogP contribution in [0.1, 0.15) is 6.23 Å². The Morgan fingerprint density at radius 3 is 2.85 bits per heavy atom. The molecule has 0 spiro atoms. The molecule has 26 heavy (non-hydrogen) atoms. The van der Waals surface area contributed by atoms with E-state index in [1.54, 1.807) is 18.3 Å². The average molecular weight is 356 g/mol. The maximum Gasteiger partial charge on any atom is 0.183 e. The van der Waals surface area contributed by atoms with Crippen molar-refractivity contribution in [3.05, 3.63) is 30.9 Å². The van der Waals surface area contributed by atoms with E-state index in [0.717, 1.165) is 0 Å². The molecule has 9 nitrogen and oxygen atoms in total. The van der Waals surface area contributed by atoms with E-state index in [1.165, 1.54) is 17.2 Å². The minimum atomic E-state index is -2.04. The molecule has 1 saturated heterocycles. The molecule has 4 heterocycles. The van der Waals surface area contributed by atoms with Crippen LogP contribution in [0.25, 0.3) is 22.4 Å². The van der Waals surface area contributed by atoms with Gasteiger partial charge in [-0.05, 0) is 12.1 Å². The Kier molecular flexibility index (Phi) is 3.71. The third-order valence-corrected chi connectivity index (χ3v) is 4.61. The highest BCUT2D eigenvalue weighted by Crippen LogP contribution is 2.41. The molecule has 1 aliphatic rings. The Morgan fingerprint density at radius 2 is 2.23 bits per heavy atom. The van der Waals surface area contributed by atoms with Crippen LogP contribution in [0.3, 0.4) is 0 Å². The smallest absolute Gasteiger partial charge is 0.183 e. The predicted octanol–water partition coefficient (Wildman–Crippen LogP) is -0.112. The zero-order valence-corrected chi connectivity index (χ0v) is 13.5. The molecule has 1 fully saturated rings. The Bertz CT molecular complexity index is 993. The summed E-state index contributed by atoms with van der Waals surface area (Å²) in [4.78, 5) is 8.22. The number of nitrogens with two attached hydrogens (primary N) is 1. The van der Waals surface area contributed by atoms with Crippen LogP contribution >= 0.6 is 0 Å². The average Bonchev–Trinajstić information content (AvgIpc) is 3.34.